The highest BCUT2D eigenvalue weighted by molar-refractivity contribution is 5.99. The fourth-order valence-electron chi connectivity index (χ4n) is 7.05. The van der Waals surface area contributed by atoms with Crippen molar-refractivity contribution >= 4 is 64.4 Å². The molecule has 2 aromatic heterocycles. The number of amides is 7. The van der Waals surface area contributed by atoms with Crippen molar-refractivity contribution in [2.45, 2.75) is 124 Å². The molecule has 71 heavy (non-hydrogen) atoms. The van der Waals surface area contributed by atoms with Crippen LogP contribution in [0.15, 0.2) is 48.5 Å². The molecule has 4 aromatic rings. The van der Waals surface area contributed by atoms with Gasteiger partial charge in [0.05, 0.1) is 6.54 Å². The molecule has 0 aliphatic carbocycles. The molecule has 0 aliphatic heterocycles. The zero-order valence-electron chi connectivity index (χ0n) is 40.8. The molecule has 0 aliphatic rings. The highest BCUT2D eigenvalue weighted by Gasteiger charge is 2.31. The van der Waals surface area contributed by atoms with Gasteiger partial charge in [-0.1, -0.05) is 76.9 Å². The predicted molar refractivity (Wildman–Crippen MR) is 261 cm³/mol. The number of carbonyl (C=O) groups excluding carboxylic acids is 6. The molecule has 12 N–H and O–H groups in total. The Labute approximate surface area is 411 Å². The molecule has 0 spiro atoms. The van der Waals surface area contributed by atoms with Gasteiger partial charge in [-0.25, -0.2) is 9.59 Å². The van der Waals surface area contributed by atoms with Crippen molar-refractivity contribution in [3.05, 3.63) is 65.2 Å². The van der Waals surface area contributed by atoms with Gasteiger partial charge in [-0.15, -0.1) is 0 Å². The Balaban J connectivity index is 1.38. The van der Waals surface area contributed by atoms with Crippen LogP contribution < -0.4 is 48.4 Å². The number of carboxylic acids is 1. The first kappa shape index (κ1) is 55.8. The van der Waals surface area contributed by atoms with Crippen LogP contribution in [0.5, 0.6) is 12.0 Å². The van der Waals surface area contributed by atoms with Gasteiger partial charge in [-0.05, 0) is 66.8 Å². The number of carbonyl (C=O) groups is 7. The van der Waals surface area contributed by atoms with Crippen molar-refractivity contribution in [1.29, 1.82) is 0 Å². The molecule has 7 amide bonds. The van der Waals surface area contributed by atoms with Gasteiger partial charge in [0.15, 0.2) is 17.0 Å². The number of rotatable bonds is 29. The summed E-state index contributed by atoms with van der Waals surface area (Å²) >= 11 is 0. The first-order chi connectivity index (χ1) is 33.9. The van der Waals surface area contributed by atoms with Crippen LogP contribution in [-0.2, 0) is 48.4 Å². The number of unbranched alkanes of at least 4 members (excludes halogenated alkanes) is 2. The molecule has 24 nitrogen and oxygen atoms in total. The summed E-state index contributed by atoms with van der Waals surface area (Å²) in [7, 11) is 0. The monoisotopic (exact) mass is 990 g/mol. The van der Waals surface area contributed by atoms with Crippen LogP contribution in [0.2, 0.25) is 0 Å². The van der Waals surface area contributed by atoms with Crippen molar-refractivity contribution in [3.63, 3.8) is 0 Å². The van der Waals surface area contributed by atoms with E-state index in [9.17, 15) is 38.7 Å². The van der Waals surface area contributed by atoms with E-state index in [1.54, 1.807) is 43.0 Å². The average Bonchev–Trinajstić information content (AvgIpc) is 3.64. The minimum Gasteiger partial charge on any atom is -0.481 e. The molecule has 4 rings (SSSR count). The van der Waals surface area contributed by atoms with Gasteiger partial charge >= 0.3 is 24.1 Å². The summed E-state index contributed by atoms with van der Waals surface area (Å²) in [6, 6.07) is 9.46. The lowest BCUT2D eigenvalue weighted by Crippen LogP contribution is -2.57. The maximum absolute atomic E-state index is 13.7. The number of hydrogen-bond donors (Lipinski definition) is 10. The standard InChI is InChI=1S/C47H67N13O11/c1-6-8-23-51-71-45-57-39(48)38-40(58-45)60(46(68)56-38)26-31-14-12-30(13-15-31)25-59(24-9-7-2)47(69)70-27-32-16-18-33(19-17-32)53-41(64)34(11-10-22-50-44(49)67)54-43(66)37(28(3)4)55-42(65)35(52-29(5)61)20-21-36(62)63/h12-19,28,34-35,37,51H,6-11,20-27H2,1-5H3,(H,52,61)(H,53,64)(H,54,66)(H,55,65)(H,56,68)(H,62,63)(H2,48,57,58)(H3,49,50,67)/t34-,35-,37-/m0/s1. The Morgan fingerprint density at radius 3 is 2.08 bits per heavy atom. The Hall–Kier alpha value is -7.76. The maximum Gasteiger partial charge on any atom is 0.410 e. The summed E-state index contributed by atoms with van der Waals surface area (Å²) < 4.78 is 7.22. The van der Waals surface area contributed by atoms with E-state index in [4.69, 9.17) is 26.1 Å². The Bertz CT molecular complexity index is 2430. The molecule has 0 radical (unpaired) electrons. The molecule has 24 heteroatoms. The topological polar surface area (TPSA) is 349 Å². The molecule has 0 fully saturated rings. The van der Waals surface area contributed by atoms with E-state index in [0.717, 1.165) is 36.8 Å². The number of aliphatic carboxylic acids is 1. The third-order valence-corrected chi connectivity index (χ3v) is 10.9. The second-order valence-electron chi connectivity index (χ2n) is 17.2. The number of ether oxygens (including phenoxy) is 1. The fraction of sp³-hybridized carbons (Fsp3) is 0.489. The number of benzene rings is 2. The molecule has 0 saturated heterocycles. The molecule has 3 atom stereocenters. The van der Waals surface area contributed by atoms with E-state index < -0.39 is 72.2 Å². The molecule has 2 aromatic carbocycles. The largest absolute Gasteiger partial charge is 0.481 e. The van der Waals surface area contributed by atoms with E-state index in [1.807, 2.05) is 31.2 Å². The van der Waals surface area contributed by atoms with Crippen molar-refractivity contribution in [2.24, 2.45) is 11.7 Å². The Morgan fingerprint density at radius 2 is 1.45 bits per heavy atom. The van der Waals surface area contributed by atoms with Crippen molar-refractivity contribution in [3.8, 4) is 12.0 Å². The van der Waals surface area contributed by atoms with Gasteiger partial charge in [0, 0.05) is 45.2 Å². The zero-order chi connectivity index (χ0) is 52.0. The van der Waals surface area contributed by atoms with Crippen LogP contribution in [0.25, 0.3) is 11.2 Å². The Kier molecular flexibility index (Phi) is 22.0. The van der Waals surface area contributed by atoms with Gasteiger partial charge < -0.3 is 62.7 Å². The summed E-state index contributed by atoms with van der Waals surface area (Å²) in [6.07, 6.45) is 2.59. The lowest BCUT2D eigenvalue weighted by Gasteiger charge is -2.27. The van der Waals surface area contributed by atoms with E-state index in [0.29, 0.717) is 30.0 Å². The van der Waals surface area contributed by atoms with Crippen LogP contribution in [0.3, 0.4) is 0 Å². The van der Waals surface area contributed by atoms with Crippen LogP contribution in [0.1, 0.15) is 103 Å². The summed E-state index contributed by atoms with van der Waals surface area (Å²) in [4.78, 5) is 108. The van der Waals surface area contributed by atoms with Crippen LogP contribution in [0, 0.1) is 5.92 Å². The summed E-state index contributed by atoms with van der Waals surface area (Å²) in [6.45, 7) is 10.1. The number of hydroxylamine groups is 1. The quantitative estimate of drug-likeness (QED) is 0.0276. The van der Waals surface area contributed by atoms with Gasteiger partial charge in [0.25, 0.3) is 6.01 Å². The number of urea groups is 1. The maximum atomic E-state index is 13.7. The number of fused-ring (bicyclic) bond motifs is 1. The SMILES string of the molecule is CCCCNOc1nc(N)c2nc(O)n(Cc3ccc(CN(CCCC)C(=O)OCc4ccc(NC(=O)[C@H](CCCNC(N)=O)NC(=O)[C@@H](NC(=O)[C@H](CCC(=O)O)NC(C)=O)C(C)C)cc4)cc3)c2n1. The molecule has 0 unspecified atom stereocenters. The molecular formula is C47H67N13O11. The summed E-state index contributed by atoms with van der Waals surface area (Å²) in [5.74, 6) is -4.26. The van der Waals surface area contributed by atoms with Gasteiger partial charge in [0.2, 0.25) is 23.6 Å². The van der Waals surface area contributed by atoms with E-state index in [-0.39, 0.29) is 68.9 Å². The minimum atomic E-state index is -1.22. The fourth-order valence-corrected chi connectivity index (χ4v) is 7.05. The molecule has 0 saturated carbocycles. The van der Waals surface area contributed by atoms with Gasteiger partial charge in [0.1, 0.15) is 24.7 Å². The number of anilines is 2. The number of aromatic hydroxyl groups is 1. The summed E-state index contributed by atoms with van der Waals surface area (Å²) in [5, 5.41) is 32.7. The number of nitrogens with two attached hydrogens (primary N) is 2. The normalized spacial score (nSPS) is 12.3. The second-order valence-corrected chi connectivity index (χ2v) is 17.2. The first-order valence-corrected chi connectivity index (χ1v) is 23.5. The number of nitrogens with zero attached hydrogens (tertiary/aromatic N) is 5. The highest BCUT2D eigenvalue weighted by atomic mass is 16.7. The number of imidazole rings is 1. The van der Waals surface area contributed by atoms with Gasteiger partial charge in [-0.3, -0.25) is 28.5 Å². The number of carboxylic acid groups (broad SMARTS) is 1. The number of aromatic nitrogens is 4. The number of hydrogen-bond acceptors (Lipinski definition) is 15. The van der Waals surface area contributed by atoms with Gasteiger partial charge in [-0.2, -0.15) is 20.4 Å². The first-order valence-electron chi connectivity index (χ1n) is 23.5. The number of primary amides is 1. The Morgan fingerprint density at radius 1 is 0.789 bits per heavy atom. The molecule has 2 heterocycles. The van der Waals surface area contributed by atoms with E-state index in [1.165, 1.54) is 11.5 Å². The van der Waals surface area contributed by atoms with Crippen molar-refractivity contribution < 1.29 is 53.3 Å². The van der Waals surface area contributed by atoms with Crippen LogP contribution >= 0.6 is 0 Å². The zero-order valence-corrected chi connectivity index (χ0v) is 40.8. The van der Waals surface area contributed by atoms with Crippen LogP contribution in [0.4, 0.5) is 21.1 Å². The molecule has 386 valence electrons. The number of nitrogen functional groups attached to an aromatic ring is 1. The number of nitrogens with one attached hydrogen (secondary N) is 6. The third kappa shape index (κ3) is 18.3. The van der Waals surface area contributed by atoms with E-state index >= 15 is 0 Å². The average molecular weight is 990 g/mol. The molecular weight excluding hydrogens is 923 g/mol. The summed E-state index contributed by atoms with van der Waals surface area (Å²) in [5.41, 5.74) is 17.3. The van der Waals surface area contributed by atoms with Crippen LogP contribution in [-0.4, -0.2) is 114 Å². The molecule has 0 bridgehead atoms. The van der Waals surface area contributed by atoms with E-state index in [2.05, 4.69) is 53.9 Å². The highest BCUT2D eigenvalue weighted by Crippen LogP contribution is 2.26. The van der Waals surface area contributed by atoms with Crippen molar-refractivity contribution in [2.75, 3.05) is 30.7 Å². The lowest BCUT2D eigenvalue weighted by atomic mass is 10.0. The predicted octanol–water partition coefficient (Wildman–Crippen LogP) is 3.17. The lowest BCUT2D eigenvalue weighted by molar-refractivity contribution is -0.138. The second kappa shape index (κ2) is 28.0. The van der Waals surface area contributed by atoms with Crippen molar-refractivity contribution in [1.82, 2.24) is 51.2 Å². The third-order valence-electron chi connectivity index (χ3n) is 10.9. The smallest absolute Gasteiger partial charge is 0.410 e. The minimum absolute atomic E-state index is 0.000386.